The topological polar surface area (TPSA) is 400 Å². The third-order valence-corrected chi connectivity index (χ3v) is 10.2. The number of carboxylic acids is 2. The number of carbonyl (C=O) groups is 10. The van der Waals surface area contributed by atoms with Crippen LogP contribution in [0, 0.1) is 23.7 Å². The summed E-state index contributed by atoms with van der Waals surface area (Å²) in [6.07, 6.45) is 0.198. The van der Waals surface area contributed by atoms with E-state index in [1.165, 1.54) is 6.92 Å². The second-order valence-electron chi connectivity index (χ2n) is 17.1. The summed E-state index contributed by atoms with van der Waals surface area (Å²) in [6.45, 7) is 13.2. The number of rotatable bonds is 31. The Balaban J connectivity index is 6.28. The Labute approximate surface area is 379 Å². The number of nitrogens with two attached hydrogens (primary N) is 2. The van der Waals surface area contributed by atoms with Crippen molar-refractivity contribution in [3.63, 3.8) is 0 Å². The smallest absolute Gasteiger partial charge is 0.326 e. The summed E-state index contributed by atoms with van der Waals surface area (Å²) >= 11 is 0. The number of amides is 8. The fourth-order valence-electron chi connectivity index (χ4n) is 6.12. The minimum atomic E-state index is -1.88. The zero-order valence-electron chi connectivity index (χ0n) is 38.9. The molecule has 0 aromatic carbocycles. The summed E-state index contributed by atoms with van der Waals surface area (Å²) in [5, 5.41) is 57.8. The Bertz CT molecular complexity index is 1630. The van der Waals surface area contributed by atoms with Crippen LogP contribution in [0.15, 0.2) is 0 Å². The Morgan fingerprint density at radius 2 is 0.877 bits per heavy atom. The summed E-state index contributed by atoms with van der Waals surface area (Å²) in [4.78, 5) is 129. The van der Waals surface area contributed by atoms with Crippen molar-refractivity contribution in [2.45, 2.75) is 155 Å². The number of carbonyl (C=O) groups excluding carboxylic acids is 8. The molecule has 0 radical (unpaired) electrons. The third kappa shape index (κ3) is 21.4. The molecule has 16 N–H and O–H groups in total. The Morgan fingerprint density at radius 3 is 1.28 bits per heavy atom. The number of nitrogens with one attached hydrogen (secondary N) is 8. The van der Waals surface area contributed by atoms with E-state index in [1.54, 1.807) is 48.5 Å². The van der Waals surface area contributed by atoms with Gasteiger partial charge in [0.1, 0.15) is 48.3 Å². The maximum atomic E-state index is 13.9. The molecule has 0 aliphatic carbocycles. The van der Waals surface area contributed by atoms with E-state index in [0.29, 0.717) is 19.3 Å². The van der Waals surface area contributed by atoms with Gasteiger partial charge in [0.15, 0.2) is 0 Å². The quantitative estimate of drug-likeness (QED) is 0.0297. The molecule has 0 aromatic rings. The molecule has 0 aliphatic rings. The number of aliphatic hydroxyl groups is 2. The Kier molecular flexibility index (Phi) is 27.4. The largest absolute Gasteiger partial charge is 0.481 e. The second-order valence-corrected chi connectivity index (χ2v) is 17.1. The van der Waals surface area contributed by atoms with Gasteiger partial charge < -0.3 is 74.4 Å². The number of aliphatic hydroxyl groups excluding tert-OH is 2. The van der Waals surface area contributed by atoms with Gasteiger partial charge in [-0.1, -0.05) is 61.8 Å². The van der Waals surface area contributed by atoms with Crippen molar-refractivity contribution in [2.24, 2.45) is 35.1 Å². The molecular weight excluding hydrogens is 857 g/mol. The van der Waals surface area contributed by atoms with Crippen LogP contribution in [0.1, 0.15) is 101 Å². The lowest BCUT2D eigenvalue weighted by Gasteiger charge is -2.30. The van der Waals surface area contributed by atoms with Crippen LogP contribution in [0.2, 0.25) is 0 Å². The Morgan fingerprint density at radius 1 is 0.492 bits per heavy atom. The van der Waals surface area contributed by atoms with E-state index in [0.717, 1.165) is 0 Å². The molecule has 0 saturated heterocycles. The average Bonchev–Trinajstić information content (AvgIpc) is 3.22. The van der Waals surface area contributed by atoms with Crippen LogP contribution >= 0.6 is 0 Å². The van der Waals surface area contributed by atoms with E-state index in [2.05, 4.69) is 37.2 Å². The summed E-state index contributed by atoms with van der Waals surface area (Å²) in [5.41, 5.74) is 11.3. The van der Waals surface area contributed by atoms with Gasteiger partial charge in [0, 0.05) is 0 Å². The number of hydrogen-bond acceptors (Lipinski definition) is 14. The van der Waals surface area contributed by atoms with E-state index >= 15 is 0 Å². The van der Waals surface area contributed by atoms with Crippen LogP contribution in [0.25, 0.3) is 0 Å². The van der Waals surface area contributed by atoms with Gasteiger partial charge in [-0.15, -0.1) is 0 Å². The second kappa shape index (κ2) is 29.9. The number of carboxylic acid groups (broad SMARTS) is 2. The van der Waals surface area contributed by atoms with Crippen molar-refractivity contribution in [1.82, 2.24) is 42.5 Å². The van der Waals surface area contributed by atoms with Gasteiger partial charge >= 0.3 is 11.9 Å². The van der Waals surface area contributed by atoms with Crippen LogP contribution in [-0.4, -0.2) is 154 Å². The van der Waals surface area contributed by atoms with Crippen molar-refractivity contribution in [1.29, 1.82) is 0 Å². The minimum absolute atomic E-state index is 0.0227. The van der Waals surface area contributed by atoms with Gasteiger partial charge in [0.05, 0.1) is 25.7 Å². The number of hydrogen-bond donors (Lipinski definition) is 14. The molecule has 0 fully saturated rings. The van der Waals surface area contributed by atoms with Crippen molar-refractivity contribution in [3.05, 3.63) is 0 Å². The van der Waals surface area contributed by atoms with E-state index in [9.17, 15) is 63.3 Å². The molecular formula is C41H74N10O14. The highest BCUT2D eigenvalue weighted by atomic mass is 16.4. The maximum Gasteiger partial charge on any atom is 0.326 e. The molecule has 8 amide bonds. The zero-order valence-corrected chi connectivity index (χ0v) is 38.9. The lowest BCUT2D eigenvalue weighted by molar-refractivity contribution is -0.147. The van der Waals surface area contributed by atoms with Gasteiger partial charge in [0.25, 0.3) is 0 Å². The summed E-state index contributed by atoms with van der Waals surface area (Å²) in [6, 6.07) is -12.5. The van der Waals surface area contributed by atoms with Crippen LogP contribution in [-0.2, 0) is 47.9 Å². The van der Waals surface area contributed by atoms with Crippen LogP contribution < -0.4 is 54.0 Å². The molecule has 65 heavy (non-hydrogen) atoms. The molecule has 24 nitrogen and oxygen atoms in total. The highest BCUT2D eigenvalue weighted by Gasteiger charge is 2.37. The molecule has 372 valence electrons. The molecule has 0 heterocycles. The van der Waals surface area contributed by atoms with Crippen molar-refractivity contribution in [3.8, 4) is 0 Å². The number of aliphatic carboxylic acids is 2. The van der Waals surface area contributed by atoms with Gasteiger partial charge in [-0.25, -0.2) is 4.79 Å². The van der Waals surface area contributed by atoms with Crippen LogP contribution in [0.3, 0.4) is 0 Å². The summed E-state index contributed by atoms with van der Waals surface area (Å²) in [7, 11) is 0. The fraction of sp³-hybridized carbons (Fsp3) is 0.756. The van der Waals surface area contributed by atoms with E-state index in [4.69, 9.17) is 16.6 Å². The molecule has 0 unspecified atom stereocenters. The first kappa shape index (κ1) is 59.5. The van der Waals surface area contributed by atoms with Gasteiger partial charge in [-0.05, 0) is 62.8 Å². The maximum absolute atomic E-state index is 13.9. The molecule has 0 aliphatic heterocycles. The van der Waals surface area contributed by atoms with Gasteiger partial charge in [0.2, 0.25) is 47.3 Å². The molecule has 0 rings (SSSR count). The molecule has 10 atom stereocenters. The van der Waals surface area contributed by atoms with Crippen LogP contribution in [0.4, 0.5) is 0 Å². The summed E-state index contributed by atoms with van der Waals surface area (Å²) in [5.74, 6) is -11.9. The van der Waals surface area contributed by atoms with Crippen molar-refractivity contribution < 1.29 is 68.4 Å². The number of unbranched alkanes of at least 4 members (excludes halogenated alkanes) is 1. The van der Waals surface area contributed by atoms with E-state index < -0.39 is 145 Å². The van der Waals surface area contributed by atoms with E-state index in [-0.39, 0.29) is 31.2 Å². The van der Waals surface area contributed by atoms with Crippen molar-refractivity contribution in [2.75, 3.05) is 19.8 Å². The molecule has 0 aromatic heterocycles. The summed E-state index contributed by atoms with van der Waals surface area (Å²) < 4.78 is 0. The molecule has 24 heteroatoms. The standard InChI is InChI=1S/C41H74N10O14/c1-10-22(8)32(51-33(56)23(9)43)40(63)50-31(21(6)7)39(62)48-28(18-53)36(59)45-25(15-19(2)3)35(58)49-30(20(4)5)38(61)44-24(13-11-12-14-42)34(57)47-27(17-52)37(60)46-26(41(64)65)16-29(54)55/h19-28,30-32,52-53H,10-18,42-43H2,1-9H3,(H,44,61)(H,45,59)(H,46,60)(H,47,57)(H,48,62)(H,49,58)(H,50,63)(H,51,56)(H,54,55)(H,64,65)/t22-,23-,24-,25-,26-,27-,28-,30-,31-,32-/m0/s1. The SMILES string of the molecule is CC[C@H](C)[C@H](NC(=O)[C@H](C)N)C(=O)N[C@H](C(=O)N[C@@H](CO)C(=O)N[C@@H](CC(C)C)C(=O)N[C@H](C(=O)N[C@@H](CCCCN)C(=O)N[C@@H](CO)C(=O)N[C@@H](CC(=O)O)C(=O)O)C(C)C)C(C)C. The normalized spacial score (nSPS) is 15.9. The lowest BCUT2D eigenvalue weighted by atomic mass is 9.96. The molecule has 0 saturated carbocycles. The van der Waals surface area contributed by atoms with Gasteiger partial charge in [-0.2, -0.15) is 0 Å². The monoisotopic (exact) mass is 931 g/mol. The fourth-order valence-corrected chi connectivity index (χ4v) is 6.12. The van der Waals surface area contributed by atoms with Crippen LogP contribution in [0.5, 0.6) is 0 Å². The lowest BCUT2D eigenvalue weighted by Crippen LogP contribution is -2.62. The minimum Gasteiger partial charge on any atom is -0.481 e. The van der Waals surface area contributed by atoms with Gasteiger partial charge in [-0.3, -0.25) is 43.2 Å². The highest BCUT2D eigenvalue weighted by molar-refractivity contribution is 5.98. The highest BCUT2D eigenvalue weighted by Crippen LogP contribution is 2.13. The van der Waals surface area contributed by atoms with Crippen molar-refractivity contribution >= 4 is 59.2 Å². The third-order valence-electron chi connectivity index (χ3n) is 10.2. The molecule has 0 spiro atoms. The first-order valence-electron chi connectivity index (χ1n) is 21.8. The predicted octanol–water partition coefficient (Wildman–Crippen LogP) is -3.71. The first-order valence-corrected chi connectivity index (χ1v) is 21.8. The average molecular weight is 931 g/mol. The Hall–Kier alpha value is -5.46. The van der Waals surface area contributed by atoms with E-state index in [1.807, 2.05) is 12.2 Å². The molecule has 0 bridgehead atoms. The zero-order chi connectivity index (χ0) is 50.3. The first-order chi connectivity index (χ1) is 30.3. The predicted molar refractivity (Wildman–Crippen MR) is 235 cm³/mol.